The van der Waals surface area contributed by atoms with Crippen LogP contribution in [-0.4, -0.2) is 41.8 Å². The summed E-state index contributed by atoms with van der Waals surface area (Å²) in [5.74, 6) is -0.511. The van der Waals surface area contributed by atoms with E-state index in [2.05, 4.69) is 0 Å². The summed E-state index contributed by atoms with van der Waals surface area (Å²) in [4.78, 5) is 12.3. The number of aliphatic carboxylic acids is 1. The van der Waals surface area contributed by atoms with Gasteiger partial charge in [0.25, 0.3) is 0 Å². The molecule has 100 valence electrons. The Morgan fingerprint density at radius 3 is 2.72 bits per heavy atom. The first-order valence-electron chi connectivity index (χ1n) is 5.39. The van der Waals surface area contributed by atoms with Crippen molar-refractivity contribution in [2.24, 2.45) is 0 Å². The van der Waals surface area contributed by atoms with E-state index in [-0.39, 0.29) is 12.2 Å². The van der Waals surface area contributed by atoms with Crippen LogP contribution in [0.4, 0.5) is 0 Å². The van der Waals surface area contributed by atoms with Crippen LogP contribution < -0.4 is 4.74 Å². The minimum atomic E-state index is -0.852. The number of carboxylic acid groups (broad SMARTS) is 1. The smallest absolute Gasteiger partial charge is 0.304 e. The molecule has 0 aliphatic heterocycles. The Hall–Kier alpha value is -1.46. The fraction of sp³-hybridized carbons (Fsp3) is 0.417. The Balaban J connectivity index is 2.77. The van der Waals surface area contributed by atoms with Crippen molar-refractivity contribution in [3.05, 3.63) is 22.7 Å². The largest absolute Gasteiger partial charge is 0.504 e. The highest BCUT2D eigenvalue weighted by Gasteiger charge is 2.12. The molecule has 0 fully saturated rings. The molecule has 6 heteroatoms. The molecule has 0 aliphatic carbocycles. The van der Waals surface area contributed by atoms with Crippen LogP contribution in [0.2, 0.25) is 5.02 Å². The molecule has 1 aromatic rings. The number of carbonyl (C=O) groups is 1. The van der Waals surface area contributed by atoms with Crippen molar-refractivity contribution in [1.82, 2.24) is 4.90 Å². The first-order chi connectivity index (χ1) is 8.43. The van der Waals surface area contributed by atoms with Crippen molar-refractivity contribution < 1.29 is 19.7 Å². The topological polar surface area (TPSA) is 70.0 Å². The fourth-order valence-electron chi connectivity index (χ4n) is 1.56. The van der Waals surface area contributed by atoms with E-state index < -0.39 is 5.97 Å². The van der Waals surface area contributed by atoms with Crippen LogP contribution in [0.5, 0.6) is 11.5 Å². The second kappa shape index (κ2) is 6.47. The maximum absolute atomic E-state index is 10.5. The number of ether oxygens (including phenoxy) is 1. The highest BCUT2D eigenvalue weighted by molar-refractivity contribution is 6.30. The number of benzene rings is 1. The number of halogens is 1. The van der Waals surface area contributed by atoms with Crippen molar-refractivity contribution in [3.8, 4) is 11.5 Å². The van der Waals surface area contributed by atoms with Gasteiger partial charge in [0.1, 0.15) is 0 Å². The predicted molar refractivity (Wildman–Crippen MR) is 68.3 cm³/mol. The summed E-state index contributed by atoms with van der Waals surface area (Å²) in [6.07, 6.45) is 0.0506. The van der Waals surface area contributed by atoms with Crippen LogP contribution in [-0.2, 0) is 11.3 Å². The minimum absolute atomic E-state index is 0.0316. The van der Waals surface area contributed by atoms with Gasteiger partial charge in [-0.25, -0.2) is 0 Å². The van der Waals surface area contributed by atoms with Gasteiger partial charge in [0, 0.05) is 29.7 Å². The van der Waals surface area contributed by atoms with Crippen molar-refractivity contribution in [2.45, 2.75) is 13.0 Å². The van der Waals surface area contributed by atoms with Gasteiger partial charge in [-0.1, -0.05) is 11.6 Å². The molecule has 0 aromatic heterocycles. The van der Waals surface area contributed by atoms with E-state index in [4.69, 9.17) is 21.4 Å². The Labute approximate surface area is 111 Å². The molecule has 0 amide bonds. The SMILES string of the molecule is COc1cc(Cl)cc(CN(C)CCC(=O)O)c1O. The number of hydrogen-bond acceptors (Lipinski definition) is 4. The van der Waals surface area contributed by atoms with E-state index in [1.165, 1.54) is 13.2 Å². The monoisotopic (exact) mass is 273 g/mol. The van der Waals surface area contributed by atoms with Gasteiger partial charge in [-0.05, 0) is 13.1 Å². The second-order valence-electron chi connectivity index (χ2n) is 4.00. The van der Waals surface area contributed by atoms with Gasteiger partial charge in [0.15, 0.2) is 11.5 Å². The molecule has 0 spiro atoms. The lowest BCUT2D eigenvalue weighted by molar-refractivity contribution is -0.137. The second-order valence-corrected chi connectivity index (χ2v) is 4.43. The number of phenolic OH excluding ortho intramolecular Hbond substituents is 1. The molecule has 0 heterocycles. The highest BCUT2D eigenvalue weighted by Crippen LogP contribution is 2.33. The zero-order valence-electron chi connectivity index (χ0n) is 10.3. The van der Waals surface area contributed by atoms with Gasteiger partial charge < -0.3 is 19.8 Å². The van der Waals surface area contributed by atoms with E-state index in [9.17, 15) is 9.90 Å². The lowest BCUT2D eigenvalue weighted by Crippen LogP contribution is -2.21. The van der Waals surface area contributed by atoms with E-state index in [0.29, 0.717) is 29.4 Å². The molecule has 0 radical (unpaired) electrons. The van der Waals surface area contributed by atoms with Gasteiger partial charge >= 0.3 is 5.97 Å². The van der Waals surface area contributed by atoms with E-state index in [0.717, 1.165) is 0 Å². The predicted octanol–water partition coefficient (Wildman–Crippen LogP) is 1.96. The summed E-state index contributed by atoms with van der Waals surface area (Å²) in [5.41, 5.74) is 0.604. The van der Waals surface area contributed by atoms with E-state index >= 15 is 0 Å². The van der Waals surface area contributed by atoms with Crippen molar-refractivity contribution in [3.63, 3.8) is 0 Å². The Morgan fingerprint density at radius 2 is 2.17 bits per heavy atom. The molecular weight excluding hydrogens is 258 g/mol. The van der Waals surface area contributed by atoms with Gasteiger partial charge in [-0.3, -0.25) is 4.79 Å². The third kappa shape index (κ3) is 4.09. The number of carboxylic acids is 1. The summed E-state index contributed by atoms with van der Waals surface area (Å²) in [6, 6.07) is 3.16. The van der Waals surface area contributed by atoms with Crippen LogP contribution in [0.15, 0.2) is 12.1 Å². The Kier molecular flexibility index (Phi) is 5.25. The summed E-state index contributed by atoms with van der Waals surface area (Å²) in [5, 5.41) is 19.0. The third-order valence-corrected chi connectivity index (χ3v) is 2.70. The van der Waals surface area contributed by atoms with E-state index in [1.807, 2.05) is 0 Å². The van der Waals surface area contributed by atoms with Crippen LogP contribution >= 0.6 is 11.6 Å². The zero-order valence-corrected chi connectivity index (χ0v) is 11.1. The maximum Gasteiger partial charge on any atom is 0.304 e. The molecule has 0 bridgehead atoms. The number of aromatic hydroxyl groups is 1. The quantitative estimate of drug-likeness (QED) is 0.829. The normalized spacial score (nSPS) is 10.7. The number of phenols is 1. The van der Waals surface area contributed by atoms with Crippen LogP contribution in [0.25, 0.3) is 0 Å². The third-order valence-electron chi connectivity index (χ3n) is 2.49. The number of rotatable bonds is 6. The lowest BCUT2D eigenvalue weighted by atomic mass is 10.1. The van der Waals surface area contributed by atoms with Crippen molar-refractivity contribution in [1.29, 1.82) is 0 Å². The summed E-state index contributed by atoms with van der Waals surface area (Å²) < 4.78 is 5.00. The van der Waals surface area contributed by atoms with E-state index in [1.54, 1.807) is 18.0 Å². The van der Waals surface area contributed by atoms with Gasteiger partial charge in [-0.2, -0.15) is 0 Å². The summed E-state index contributed by atoms with van der Waals surface area (Å²) in [6.45, 7) is 0.791. The number of hydrogen-bond donors (Lipinski definition) is 2. The molecule has 0 unspecified atom stereocenters. The molecule has 5 nitrogen and oxygen atoms in total. The molecule has 0 saturated heterocycles. The van der Waals surface area contributed by atoms with Crippen LogP contribution in [0.1, 0.15) is 12.0 Å². The highest BCUT2D eigenvalue weighted by atomic mass is 35.5. The lowest BCUT2D eigenvalue weighted by Gasteiger charge is -2.17. The average molecular weight is 274 g/mol. The molecule has 1 rings (SSSR count). The molecule has 0 aliphatic rings. The summed E-state index contributed by atoms with van der Waals surface area (Å²) in [7, 11) is 3.22. The first-order valence-corrected chi connectivity index (χ1v) is 5.77. The maximum atomic E-state index is 10.5. The van der Waals surface area contributed by atoms with Gasteiger partial charge in [-0.15, -0.1) is 0 Å². The minimum Gasteiger partial charge on any atom is -0.504 e. The van der Waals surface area contributed by atoms with Gasteiger partial charge in [0.2, 0.25) is 0 Å². The zero-order chi connectivity index (χ0) is 13.7. The Bertz CT molecular complexity index is 436. The van der Waals surface area contributed by atoms with Gasteiger partial charge in [0.05, 0.1) is 13.5 Å². The Morgan fingerprint density at radius 1 is 1.50 bits per heavy atom. The van der Waals surface area contributed by atoms with Crippen molar-refractivity contribution in [2.75, 3.05) is 20.7 Å². The standard InChI is InChI=1S/C12H16ClNO4/c1-14(4-3-11(15)16)7-8-5-9(13)6-10(18-2)12(8)17/h5-6,17H,3-4,7H2,1-2H3,(H,15,16). The first kappa shape index (κ1) is 14.6. The molecule has 18 heavy (non-hydrogen) atoms. The molecular formula is C12H16ClNO4. The number of nitrogens with zero attached hydrogens (tertiary/aromatic N) is 1. The van der Waals surface area contributed by atoms with Crippen LogP contribution in [0.3, 0.4) is 0 Å². The number of methoxy groups -OCH3 is 1. The summed E-state index contributed by atoms with van der Waals surface area (Å²) >= 11 is 5.91. The fourth-order valence-corrected chi connectivity index (χ4v) is 1.79. The van der Waals surface area contributed by atoms with Crippen LogP contribution in [0, 0.1) is 0 Å². The average Bonchev–Trinajstić information content (AvgIpc) is 2.30. The molecule has 2 N–H and O–H groups in total. The van der Waals surface area contributed by atoms with Crippen molar-refractivity contribution >= 4 is 17.6 Å². The molecule has 1 aromatic carbocycles. The molecule has 0 saturated carbocycles. The molecule has 0 atom stereocenters.